The van der Waals surface area contributed by atoms with E-state index in [4.69, 9.17) is 0 Å². The van der Waals surface area contributed by atoms with E-state index in [9.17, 15) is 13.2 Å². The van der Waals surface area contributed by atoms with Crippen molar-refractivity contribution < 1.29 is 13.2 Å². The molecule has 1 heterocycles. The number of hydrogen-bond donors (Lipinski definition) is 1. The number of sulfonamides is 1. The van der Waals surface area contributed by atoms with Crippen molar-refractivity contribution in [2.24, 2.45) is 0 Å². The molecule has 0 aromatic heterocycles. The fraction of sp³-hybridized carbons (Fsp3) is 0.316. The van der Waals surface area contributed by atoms with E-state index < -0.39 is 10.0 Å². The number of benzene rings is 2. The summed E-state index contributed by atoms with van der Waals surface area (Å²) in [5.74, 6) is 0.0237. The van der Waals surface area contributed by atoms with Crippen LogP contribution >= 0.6 is 0 Å². The van der Waals surface area contributed by atoms with E-state index in [0.29, 0.717) is 24.3 Å². The lowest BCUT2D eigenvalue weighted by molar-refractivity contribution is -0.117. The number of amides is 1. The number of carbonyl (C=O) groups is 1. The molecule has 0 saturated carbocycles. The zero-order valence-electron chi connectivity index (χ0n) is 14.2. The smallest absolute Gasteiger partial charge is 0.261 e. The Morgan fingerprint density at radius 2 is 1.80 bits per heavy atom. The molecule has 0 spiro atoms. The van der Waals surface area contributed by atoms with Gasteiger partial charge in [-0.15, -0.1) is 0 Å². The van der Waals surface area contributed by atoms with Gasteiger partial charge in [0.15, 0.2) is 0 Å². The van der Waals surface area contributed by atoms with Gasteiger partial charge in [0.1, 0.15) is 0 Å². The Labute approximate surface area is 148 Å². The second-order valence-electron chi connectivity index (χ2n) is 6.17. The van der Waals surface area contributed by atoms with Gasteiger partial charge >= 0.3 is 0 Å². The average molecular weight is 358 g/mol. The van der Waals surface area contributed by atoms with Crippen molar-refractivity contribution in [3.8, 4) is 0 Å². The standard InChI is InChI=1S/C19H22N2O3S/c1-2-6-15-10-12-16(13-11-15)25(23,24)20-17-7-3-4-8-18(17)21-14-5-9-19(21)22/h3-4,7-8,10-13,20H,2,5-6,9,14H2,1H3. The maximum Gasteiger partial charge on any atom is 0.261 e. The van der Waals surface area contributed by atoms with Gasteiger partial charge in [0, 0.05) is 13.0 Å². The Balaban J connectivity index is 1.87. The second-order valence-corrected chi connectivity index (χ2v) is 7.85. The summed E-state index contributed by atoms with van der Waals surface area (Å²) < 4.78 is 28.0. The number of hydrogen-bond acceptors (Lipinski definition) is 3. The van der Waals surface area contributed by atoms with Crippen LogP contribution < -0.4 is 9.62 Å². The van der Waals surface area contributed by atoms with Crippen LogP contribution in [0.3, 0.4) is 0 Å². The molecule has 0 unspecified atom stereocenters. The summed E-state index contributed by atoms with van der Waals surface area (Å²) in [7, 11) is -3.70. The maximum atomic E-state index is 12.7. The van der Waals surface area contributed by atoms with Crippen LogP contribution in [-0.2, 0) is 21.2 Å². The van der Waals surface area contributed by atoms with E-state index in [-0.39, 0.29) is 10.8 Å². The van der Waals surface area contributed by atoms with Crippen LogP contribution in [0.5, 0.6) is 0 Å². The first-order valence-electron chi connectivity index (χ1n) is 8.52. The molecule has 132 valence electrons. The molecule has 0 atom stereocenters. The molecule has 1 N–H and O–H groups in total. The summed E-state index contributed by atoms with van der Waals surface area (Å²) in [5, 5.41) is 0. The zero-order valence-corrected chi connectivity index (χ0v) is 15.1. The number of para-hydroxylation sites is 2. The largest absolute Gasteiger partial charge is 0.310 e. The Morgan fingerprint density at radius 1 is 1.08 bits per heavy atom. The highest BCUT2D eigenvalue weighted by molar-refractivity contribution is 7.92. The van der Waals surface area contributed by atoms with Crippen LogP contribution in [-0.4, -0.2) is 20.9 Å². The van der Waals surface area contributed by atoms with Crippen LogP contribution in [0.25, 0.3) is 0 Å². The molecule has 0 bridgehead atoms. The molecule has 1 aliphatic rings. The molecular weight excluding hydrogens is 336 g/mol. The molecule has 3 rings (SSSR count). The topological polar surface area (TPSA) is 66.5 Å². The lowest BCUT2D eigenvalue weighted by atomic mass is 10.1. The SMILES string of the molecule is CCCc1ccc(S(=O)(=O)Nc2ccccc2N2CCCC2=O)cc1. The first kappa shape index (κ1) is 17.5. The van der Waals surface area contributed by atoms with E-state index in [1.165, 1.54) is 0 Å². The number of nitrogens with zero attached hydrogens (tertiary/aromatic N) is 1. The van der Waals surface area contributed by atoms with Gasteiger partial charge in [-0.1, -0.05) is 37.6 Å². The molecule has 1 fully saturated rings. The number of nitrogens with one attached hydrogen (secondary N) is 1. The summed E-state index contributed by atoms with van der Waals surface area (Å²) in [6.45, 7) is 2.70. The number of carbonyl (C=O) groups excluding carboxylic acids is 1. The highest BCUT2D eigenvalue weighted by atomic mass is 32.2. The zero-order chi connectivity index (χ0) is 17.9. The van der Waals surface area contributed by atoms with Crippen molar-refractivity contribution in [1.82, 2.24) is 0 Å². The minimum atomic E-state index is -3.70. The molecule has 0 aliphatic carbocycles. The minimum Gasteiger partial charge on any atom is -0.310 e. The maximum absolute atomic E-state index is 12.7. The van der Waals surface area contributed by atoms with E-state index in [0.717, 1.165) is 24.8 Å². The van der Waals surface area contributed by atoms with Crippen LogP contribution in [0, 0.1) is 0 Å². The number of aryl methyl sites for hydroxylation is 1. The van der Waals surface area contributed by atoms with Crippen molar-refractivity contribution in [3.05, 3.63) is 54.1 Å². The van der Waals surface area contributed by atoms with Gasteiger partial charge in [-0.3, -0.25) is 9.52 Å². The molecule has 1 saturated heterocycles. The third-order valence-corrected chi connectivity index (χ3v) is 5.67. The number of rotatable bonds is 6. The lowest BCUT2D eigenvalue weighted by Crippen LogP contribution is -2.25. The summed E-state index contributed by atoms with van der Waals surface area (Å²) >= 11 is 0. The molecule has 25 heavy (non-hydrogen) atoms. The van der Waals surface area contributed by atoms with E-state index >= 15 is 0 Å². The van der Waals surface area contributed by atoms with Crippen molar-refractivity contribution >= 4 is 27.3 Å². The molecule has 1 aliphatic heterocycles. The Morgan fingerprint density at radius 3 is 2.44 bits per heavy atom. The third-order valence-electron chi connectivity index (χ3n) is 4.28. The molecule has 1 amide bonds. The quantitative estimate of drug-likeness (QED) is 0.858. The van der Waals surface area contributed by atoms with Crippen molar-refractivity contribution in [2.45, 2.75) is 37.5 Å². The minimum absolute atomic E-state index is 0.0237. The Kier molecular flexibility index (Phi) is 5.08. The molecule has 6 heteroatoms. The van der Waals surface area contributed by atoms with Gasteiger partial charge in [0.25, 0.3) is 10.0 Å². The summed E-state index contributed by atoms with van der Waals surface area (Å²) in [5.41, 5.74) is 2.15. The van der Waals surface area contributed by atoms with E-state index in [1.807, 2.05) is 12.1 Å². The Hall–Kier alpha value is -2.34. The predicted octanol–water partition coefficient (Wildman–Crippen LogP) is 3.57. The van der Waals surface area contributed by atoms with Gasteiger partial charge in [0.2, 0.25) is 5.91 Å². The van der Waals surface area contributed by atoms with E-state index in [2.05, 4.69) is 11.6 Å². The summed E-state index contributed by atoms with van der Waals surface area (Å²) in [4.78, 5) is 13.9. The van der Waals surface area contributed by atoms with Gasteiger partial charge in [-0.2, -0.15) is 0 Å². The van der Waals surface area contributed by atoms with Gasteiger partial charge in [-0.25, -0.2) is 8.42 Å². The average Bonchev–Trinajstić information content (AvgIpc) is 3.02. The van der Waals surface area contributed by atoms with Gasteiger partial charge < -0.3 is 4.90 Å². The van der Waals surface area contributed by atoms with Crippen LogP contribution in [0.15, 0.2) is 53.4 Å². The third kappa shape index (κ3) is 3.85. The van der Waals surface area contributed by atoms with Crippen LogP contribution in [0.4, 0.5) is 11.4 Å². The van der Waals surface area contributed by atoms with Crippen molar-refractivity contribution in [1.29, 1.82) is 0 Å². The number of anilines is 2. The molecule has 5 nitrogen and oxygen atoms in total. The highest BCUT2D eigenvalue weighted by Crippen LogP contribution is 2.31. The molecule has 2 aromatic rings. The van der Waals surface area contributed by atoms with Gasteiger partial charge in [0.05, 0.1) is 16.3 Å². The lowest BCUT2D eigenvalue weighted by Gasteiger charge is -2.20. The first-order chi connectivity index (χ1) is 12.0. The van der Waals surface area contributed by atoms with Gasteiger partial charge in [-0.05, 0) is 42.7 Å². The normalized spacial score (nSPS) is 14.8. The molecular formula is C19H22N2O3S. The fourth-order valence-corrected chi connectivity index (χ4v) is 4.10. The molecule has 2 aromatic carbocycles. The predicted molar refractivity (Wildman–Crippen MR) is 99.3 cm³/mol. The monoisotopic (exact) mass is 358 g/mol. The first-order valence-corrected chi connectivity index (χ1v) is 10.0. The van der Waals surface area contributed by atoms with Crippen molar-refractivity contribution in [2.75, 3.05) is 16.2 Å². The fourth-order valence-electron chi connectivity index (χ4n) is 3.03. The summed E-state index contributed by atoms with van der Waals surface area (Å²) in [6.07, 6.45) is 3.23. The van der Waals surface area contributed by atoms with Crippen LogP contribution in [0.2, 0.25) is 0 Å². The summed E-state index contributed by atoms with van der Waals surface area (Å²) in [6, 6.07) is 13.9. The molecule has 0 radical (unpaired) electrons. The Bertz CT molecular complexity index is 860. The van der Waals surface area contributed by atoms with E-state index in [1.54, 1.807) is 41.3 Å². The highest BCUT2D eigenvalue weighted by Gasteiger charge is 2.25. The van der Waals surface area contributed by atoms with Crippen molar-refractivity contribution in [3.63, 3.8) is 0 Å². The van der Waals surface area contributed by atoms with Crippen LogP contribution in [0.1, 0.15) is 31.7 Å². The second kappa shape index (κ2) is 7.27.